The molecule has 1 atom stereocenters. The maximum Gasteiger partial charge on any atom is 0.336 e. The van der Waals surface area contributed by atoms with Crippen LogP contribution in [-0.2, 0) is 4.74 Å². The molecule has 0 amide bonds. The van der Waals surface area contributed by atoms with E-state index in [0.29, 0.717) is 5.56 Å². The quantitative estimate of drug-likeness (QED) is 0.828. The Morgan fingerprint density at radius 3 is 2.50 bits per heavy atom. The van der Waals surface area contributed by atoms with Gasteiger partial charge in [-0.1, -0.05) is 37.8 Å². The monoisotopic (exact) mass is 299 g/mol. The maximum atomic E-state index is 11.2. The highest BCUT2D eigenvalue weighted by Crippen LogP contribution is 2.42. The first-order valence-electron chi connectivity index (χ1n) is 6.93. The van der Waals surface area contributed by atoms with Gasteiger partial charge in [0, 0.05) is 5.56 Å². The van der Waals surface area contributed by atoms with Gasteiger partial charge in [0.1, 0.15) is 5.41 Å². The Kier molecular flexibility index (Phi) is 4.23. The molecule has 2 rings (SSSR count). The van der Waals surface area contributed by atoms with Crippen LogP contribution in [0.3, 0.4) is 0 Å². The molecule has 1 heterocycles. The number of aromatic carboxylic acids is 1. The van der Waals surface area contributed by atoms with Crippen molar-refractivity contribution < 1.29 is 19.7 Å². The maximum absolute atomic E-state index is 11.2. The summed E-state index contributed by atoms with van der Waals surface area (Å²) in [5.74, 6) is 4.09. The van der Waals surface area contributed by atoms with Gasteiger partial charge in [0.05, 0.1) is 24.8 Å². The van der Waals surface area contributed by atoms with Crippen molar-refractivity contribution in [1.82, 2.24) is 0 Å². The Hall–Kier alpha value is -2.34. The van der Waals surface area contributed by atoms with E-state index in [4.69, 9.17) is 9.84 Å². The third-order valence-electron chi connectivity index (χ3n) is 4.02. The normalized spacial score (nSPS) is 18.3. The van der Waals surface area contributed by atoms with Crippen molar-refractivity contribution in [3.05, 3.63) is 35.4 Å². The SMILES string of the molecule is CC(C)[C@@](O)(C#Cc1ccccc1C(=O)O)C1(C#N)COC1. The van der Waals surface area contributed by atoms with E-state index in [9.17, 15) is 15.2 Å². The lowest BCUT2D eigenvalue weighted by Crippen LogP contribution is -2.61. The molecule has 0 saturated carbocycles. The van der Waals surface area contributed by atoms with E-state index in [-0.39, 0.29) is 24.7 Å². The predicted molar refractivity (Wildman–Crippen MR) is 78.9 cm³/mol. The summed E-state index contributed by atoms with van der Waals surface area (Å²) in [6, 6.07) is 8.43. The second-order valence-electron chi connectivity index (χ2n) is 5.71. The van der Waals surface area contributed by atoms with Crippen LogP contribution < -0.4 is 0 Å². The van der Waals surface area contributed by atoms with Gasteiger partial charge < -0.3 is 14.9 Å². The van der Waals surface area contributed by atoms with E-state index >= 15 is 0 Å². The van der Waals surface area contributed by atoms with Crippen LogP contribution in [0.5, 0.6) is 0 Å². The van der Waals surface area contributed by atoms with Crippen LogP contribution in [0, 0.1) is 34.5 Å². The Labute approximate surface area is 129 Å². The fraction of sp³-hybridized carbons (Fsp3) is 0.412. The summed E-state index contributed by atoms with van der Waals surface area (Å²) in [4.78, 5) is 11.2. The number of nitrogens with zero attached hydrogens (tertiary/aromatic N) is 1. The third kappa shape index (κ3) is 2.46. The summed E-state index contributed by atoms with van der Waals surface area (Å²) in [6.07, 6.45) is 0. The van der Waals surface area contributed by atoms with Gasteiger partial charge in [-0.3, -0.25) is 0 Å². The molecule has 1 aliphatic heterocycles. The van der Waals surface area contributed by atoms with Crippen molar-refractivity contribution in [2.45, 2.75) is 19.4 Å². The number of hydrogen-bond donors (Lipinski definition) is 2. The van der Waals surface area contributed by atoms with Gasteiger partial charge >= 0.3 is 5.97 Å². The second-order valence-corrected chi connectivity index (χ2v) is 5.71. The Balaban J connectivity index is 2.48. The molecule has 0 spiro atoms. The minimum absolute atomic E-state index is 0.0666. The second kappa shape index (κ2) is 5.81. The zero-order valence-electron chi connectivity index (χ0n) is 12.5. The lowest BCUT2D eigenvalue weighted by molar-refractivity contribution is -0.180. The first-order valence-corrected chi connectivity index (χ1v) is 6.93. The molecule has 1 saturated heterocycles. The van der Waals surface area contributed by atoms with Crippen LogP contribution in [0.15, 0.2) is 24.3 Å². The largest absolute Gasteiger partial charge is 0.478 e. The number of rotatable bonds is 3. The average molecular weight is 299 g/mol. The minimum Gasteiger partial charge on any atom is -0.478 e. The van der Waals surface area contributed by atoms with Gasteiger partial charge in [-0.25, -0.2) is 4.79 Å². The topological polar surface area (TPSA) is 90.5 Å². The van der Waals surface area contributed by atoms with Crippen LogP contribution in [-0.4, -0.2) is 35.0 Å². The number of hydrogen-bond acceptors (Lipinski definition) is 4. The molecule has 0 radical (unpaired) electrons. The number of nitriles is 1. The van der Waals surface area contributed by atoms with Crippen molar-refractivity contribution in [3.63, 3.8) is 0 Å². The molecule has 1 aromatic carbocycles. The molecule has 1 aliphatic rings. The molecule has 0 aromatic heterocycles. The average Bonchev–Trinajstić information content (AvgIpc) is 2.44. The summed E-state index contributed by atoms with van der Waals surface area (Å²) >= 11 is 0. The molecular formula is C17H17NO4. The van der Waals surface area contributed by atoms with Crippen molar-refractivity contribution in [2.75, 3.05) is 13.2 Å². The third-order valence-corrected chi connectivity index (χ3v) is 4.02. The molecule has 0 bridgehead atoms. The number of carboxylic acid groups (broad SMARTS) is 1. The molecule has 114 valence electrons. The van der Waals surface area contributed by atoms with Crippen LogP contribution in [0.4, 0.5) is 0 Å². The van der Waals surface area contributed by atoms with E-state index in [2.05, 4.69) is 17.9 Å². The first-order chi connectivity index (χ1) is 10.4. The van der Waals surface area contributed by atoms with Gasteiger partial charge in [0.25, 0.3) is 0 Å². The summed E-state index contributed by atoms with van der Waals surface area (Å²) in [5.41, 5.74) is -2.27. The van der Waals surface area contributed by atoms with E-state index < -0.39 is 17.0 Å². The number of carbonyl (C=O) groups is 1. The number of aliphatic hydroxyl groups is 1. The molecular weight excluding hydrogens is 282 g/mol. The zero-order chi connectivity index (χ0) is 16.4. The van der Waals surface area contributed by atoms with Crippen LogP contribution in [0.25, 0.3) is 0 Å². The van der Waals surface area contributed by atoms with Crippen molar-refractivity contribution in [3.8, 4) is 17.9 Å². The van der Waals surface area contributed by atoms with Crippen LogP contribution >= 0.6 is 0 Å². The molecule has 5 nitrogen and oxygen atoms in total. The standard InChI is InChI=1S/C17H17NO4/c1-12(2)17(21,16(9-18)10-22-11-16)8-7-13-5-3-4-6-14(13)15(19)20/h3-6,12,21H,10-11H2,1-2H3,(H,19,20)/t17-/m0/s1. The molecule has 1 aromatic rings. The molecule has 0 aliphatic carbocycles. The van der Waals surface area contributed by atoms with Crippen molar-refractivity contribution in [1.29, 1.82) is 5.26 Å². The Bertz CT molecular complexity index is 689. The molecule has 1 fully saturated rings. The van der Waals surface area contributed by atoms with Gasteiger partial charge in [-0.2, -0.15) is 5.26 Å². The van der Waals surface area contributed by atoms with Gasteiger partial charge in [0.15, 0.2) is 5.60 Å². The van der Waals surface area contributed by atoms with Gasteiger partial charge in [0.2, 0.25) is 0 Å². The first kappa shape index (κ1) is 16.0. The fourth-order valence-corrected chi connectivity index (χ4v) is 2.43. The van der Waals surface area contributed by atoms with Crippen LogP contribution in [0.1, 0.15) is 29.8 Å². The van der Waals surface area contributed by atoms with Gasteiger partial charge in [-0.15, -0.1) is 0 Å². The number of ether oxygens (including phenoxy) is 1. The van der Waals surface area contributed by atoms with E-state index in [1.165, 1.54) is 6.07 Å². The lowest BCUT2D eigenvalue weighted by Gasteiger charge is -2.47. The highest BCUT2D eigenvalue weighted by atomic mass is 16.5. The summed E-state index contributed by atoms with van der Waals surface area (Å²) in [6.45, 7) is 3.78. The molecule has 2 N–H and O–H groups in total. The zero-order valence-corrected chi connectivity index (χ0v) is 12.5. The Morgan fingerprint density at radius 2 is 2.05 bits per heavy atom. The molecule has 22 heavy (non-hydrogen) atoms. The fourth-order valence-electron chi connectivity index (χ4n) is 2.43. The van der Waals surface area contributed by atoms with E-state index in [1.54, 1.807) is 32.0 Å². The summed E-state index contributed by atoms with van der Waals surface area (Å²) < 4.78 is 5.10. The predicted octanol–water partition coefficient (Wildman–Crippen LogP) is 1.66. The van der Waals surface area contributed by atoms with Crippen LogP contribution in [0.2, 0.25) is 0 Å². The minimum atomic E-state index is -1.56. The van der Waals surface area contributed by atoms with Crippen molar-refractivity contribution >= 4 is 5.97 Å². The highest BCUT2D eigenvalue weighted by molar-refractivity contribution is 5.90. The number of carboxylic acids is 1. The summed E-state index contributed by atoms with van der Waals surface area (Å²) in [5, 5.41) is 29.5. The van der Waals surface area contributed by atoms with E-state index in [1.807, 2.05) is 0 Å². The van der Waals surface area contributed by atoms with Gasteiger partial charge in [-0.05, 0) is 18.1 Å². The number of benzene rings is 1. The highest BCUT2D eigenvalue weighted by Gasteiger charge is 2.57. The smallest absolute Gasteiger partial charge is 0.336 e. The van der Waals surface area contributed by atoms with E-state index in [0.717, 1.165) is 0 Å². The molecule has 5 heteroatoms. The van der Waals surface area contributed by atoms with Crippen molar-refractivity contribution in [2.24, 2.45) is 11.3 Å². The lowest BCUT2D eigenvalue weighted by atomic mass is 9.66. The summed E-state index contributed by atoms with van der Waals surface area (Å²) in [7, 11) is 0. The Morgan fingerprint density at radius 1 is 1.41 bits per heavy atom. The molecule has 0 unspecified atom stereocenters.